The van der Waals surface area contributed by atoms with Crippen molar-refractivity contribution in [3.8, 4) is 28.7 Å². The third kappa shape index (κ3) is 7.08. The van der Waals surface area contributed by atoms with Gasteiger partial charge in [0.15, 0.2) is 17.2 Å². The van der Waals surface area contributed by atoms with Gasteiger partial charge in [0, 0.05) is 61.2 Å². The number of phenolic OH excluding ortho intramolecular Hbond substituents is 4. The number of benzene rings is 2. The average molecular weight is 714 g/mol. The van der Waals surface area contributed by atoms with Gasteiger partial charge >= 0.3 is 11.8 Å². The highest BCUT2D eigenvalue weighted by Gasteiger charge is 2.50. The van der Waals surface area contributed by atoms with Gasteiger partial charge in [-0.25, -0.2) is 0 Å². The first-order valence-electron chi connectivity index (χ1n) is 16.6. The minimum Gasteiger partial charge on any atom is -0.507 e. The molecule has 0 radical (unpaired) electrons. The van der Waals surface area contributed by atoms with E-state index in [0.29, 0.717) is 0 Å². The summed E-state index contributed by atoms with van der Waals surface area (Å²) in [6, 6.07) is 0. The van der Waals surface area contributed by atoms with Crippen LogP contribution in [0.4, 0.5) is 5.69 Å². The lowest BCUT2D eigenvalue weighted by Crippen LogP contribution is -2.46. The van der Waals surface area contributed by atoms with Crippen molar-refractivity contribution in [2.24, 2.45) is 23.7 Å². The van der Waals surface area contributed by atoms with Gasteiger partial charge in [0.05, 0.1) is 35.5 Å². The van der Waals surface area contributed by atoms with Crippen LogP contribution in [-0.4, -0.2) is 85.6 Å². The summed E-state index contributed by atoms with van der Waals surface area (Å²) in [5, 5.41) is 68.6. The lowest BCUT2D eigenvalue weighted by Gasteiger charge is -2.38. The molecule has 2 aromatic rings. The number of methoxy groups -OCH3 is 1. The first-order valence-corrected chi connectivity index (χ1v) is 16.6. The number of hydrogen-bond acceptors (Lipinski definition) is 13. The molecule has 0 unspecified atom stereocenters. The van der Waals surface area contributed by atoms with E-state index in [9.17, 15) is 45.0 Å². The third-order valence-corrected chi connectivity index (χ3v) is 9.97. The van der Waals surface area contributed by atoms with Crippen LogP contribution in [0, 0.1) is 30.6 Å². The van der Waals surface area contributed by atoms with Gasteiger partial charge in [-0.15, -0.1) is 0 Å². The van der Waals surface area contributed by atoms with E-state index in [-0.39, 0.29) is 22.4 Å². The fourth-order valence-electron chi connectivity index (χ4n) is 6.71. The molecule has 5 bridgehead atoms. The van der Waals surface area contributed by atoms with Crippen LogP contribution in [0.25, 0.3) is 10.8 Å². The largest absolute Gasteiger partial charge is 0.507 e. The van der Waals surface area contributed by atoms with E-state index < -0.39 is 111 Å². The van der Waals surface area contributed by atoms with E-state index in [4.69, 9.17) is 18.9 Å². The maximum absolute atomic E-state index is 14.0. The normalized spacial score (nSPS) is 32.8. The zero-order valence-corrected chi connectivity index (χ0v) is 30.0. The van der Waals surface area contributed by atoms with Crippen LogP contribution in [0.15, 0.2) is 36.1 Å². The summed E-state index contributed by atoms with van der Waals surface area (Å²) in [4.78, 5) is 39.3. The summed E-state index contributed by atoms with van der Waals surface area (Å²) in [7, 11) is 1.41. The van der Waals surface area contributed by atoms with Gasteiger partial charge in [0.1, 0.15) is 23.3 Å². The number of nitrogens with one attached hydrogen (secondary N) is 1. The fourth-order valence-corrected chi connectivity index (χ4v) is 6.71. The smallest absolute Gasteiger partial charge is 0.312 e. The molecule has 14 nitrogen and oxygen atoms in total. The summed E-state index contributed by atoms with van der Waals surface area (Å²) >= 11 is 0. The van der Waals surface area contributed by atoms with E-state index >= 15 is 0 Å². The van der Waals surface area contributed by atoms with Crippen LogP contribution in [0.3, 0.4) is 0 Å². The van der Waals surface area contributed by atoms with E-state index in [1.807, 2.05) is 0 Å². The van der Waals surface area contributed by atoms with Crippen molar-refractivity contribution < 1.29 is 64.0 Å². The molecule has 5 rings (SSSR count). The summed E-state index contributed by atoms with van der Waals surface area (Å²) < 4.78 is 23.1. The van der Waals surface area contributed by atoms with Crippen molar-refractivity contribution in [1.29, 1.82) is 0 Å². The molecule has 0 saturated heterocycles. The van der Waals surface area contributed by atoms with Crippen LogP contribution >= 0.6 is 0 Å². The summed E-state index contributed by atoms with van der Waals surface area (Å²) in [6.45, 7) is 12.2. The monoisotopic (exact) mass is 713 g/mol. The lowest BCUT2D eigenvalue weighted by atomic mass is 9.78. The Morgan fingerprint density at radius 1 is 0.882 bits per heavy atom. The van der Waals surface area contributed by atoms with Crippen molar-refractivity contribution in [3.05, 3.63) is 47.3 Å². The second-order valence-electron chi connectivity index (χ2n) is 13.6. The Morgan fingerprint density at radius 2 is 1.53 bits per heavy atom. The van der Waals surface area contributed by atoms with Crippen LogP contribution < -0.4 is 10.1 Å². The number of ether oxygens (including phenoxy) is 4. The Balaban J connectivity index is 1.90. The molecule has 7 N–H and O–H groups in total. The average Bonchev–Trinajstić information content (AvgIpc) is 3.35. The zero-order valence-electron chi connectivity index (χ0n) is 30.0. The maximum atomic E-state index is 14.0. The van der Waals surface area contributed by atoms with E-state index in [0.717, 1.165) is 6.26 Å². The van der Waals surface area contributed by atoms with Crippen molar-refractivity contribution in [3.63, 3.8) is 0 Å². The van der Waals surface area contributed by atoms with Gasteiger partial charge in [0.2, 0.25) is 0 Å². The minimum atomic E-state index is -2.07. The molecule has 0 aromatic heterocycles. The third-order valence-electron chi connectivity index (χ3n) is 9.97. The topological polar surface area (TPSA) is 222 Å². The number of phenols is 4. The standard InChI is InChI=1S/C37H47NO13/c1-15-11-10-12-16(2)36(47)38-26-30(43)24-23(31(44)32(26)45)25-34(20(6)29(24)42)51-37(8,35(25)46)49-14-13-22(48-9)17(3)33(50-21(7)39)19(5)28(41)18(4)27(15)40/h10-15,17-19,22,27-28,33,40-45H,1-9H3,(H,38,47)/b11-10-,14-13-,16-12-/t15-,17+,18+,19+,22-,27-,28+,33+,37-/m0/s1. The highest BCUT2D eigenvalue weighted by Crippen LogP contribution is 2.57. The SMILES string of the molecule is CO[C@H]1/C=C\O[C@@]2(C)Oc3c(C)c(O)c4c(O)c(c(O)c(O)c4c3C2=O)NC(=O)/C(C)=C\C=C/[C@H](C)[C@H](O)[C@@H](C)[C@@H](O)[C@@H](C)[C@H](OC(C)=O)[C@@H]1C. The molecule has 278 valence electrons. The van der Waals surface area contributed by atoms with Gasteiger partial charge in [-0.05, 0) is 19.9 Å². The van der Waals surface area contributed by atoms with Crippen molar-refractivity contribution >= 4 is 34.1 Å². The number of allylic oxidation sites excluding steroid dienone is 2. The van der Waals surface area contributed by atoms with Crippen LogP contribution in [0.5, 0.6) is 28.7 Å². The molecular weight excluding hydrogens is 666 g/mol. The quantitative estimate of drug-likeness (QED) is 0.130. The number of fused-ring (bicyclic) bond motifs is 14. The van der Waals surface area contributed by atoms with Crippen molar-refractivity contribution in [2.45, 2.75) is 85.6 Å². The number of aliphatic hydroxyl groups excluding tert-OH is 2. The number of aliphatic hydroxyl groups is 2. The zero-order chi connectivity index (χ0) is 38.3. The van der Waals surface area contributed by atoms with E-state index in [1.54, 1.807) is 33.8 Å². The number of ketones is 1. The lowest BCUT2D eigenvalue weighted by molar-refractivity contribution is -0.160. The van der Waals surface area contributed by atoms with Crippen LogP contribution in [0.1, 0.15) is 64.4 Å². The molecule has 9 atom stereocenters. The molecule has 0 aliphatic carbocycles. The van der Waals surface area contributed by atoms with Gasteiger partial charge < -0.3 is 54.9 Å². The number of esters is 1. The molecule has 3 heterocycles. The summed E-state index contributed by atoms with van der Waals surface area (Å²) in [5.74, 6) is -10.3. The highest BCUT2D eigenvalue weighted by molar-refractivity contribution is 6.22. The van der Waals surface area contributed by atoms with Gasteiger partial charge in [0.25, 0.3) is 11.7 Å². The molecule has 0 fully saturated rings. The Bertz CT molecular complexity index is 1810. The molecule has 3 aliphatic rings. The Kier molecular flexibility index (Phi) is 11.3. The maximum Gasteiger partial charge on any atom is 0.312 e. The van der Waals surface area contributed by atoms with Crippen LogP contribution in [0.2, 0.25) is 0 Å². The second kappa shape index (κ2) is 14.8. The Hall–Kier alpha value is -4.79. The predicted molar refractivity (Wildman–Crippen MR) is 185 cm³/mol. The van der Waals surface area contributed by atoms with Gasteiger partial charge in [-0.1, -0.05) is 45.9 Å². The molecular formula is C37H47NO13. The number of rotatable bonds is 2. The summed E-state index contributed by atoms with van der Waals surface area (Å²) in [6.07, 6.45) is 3.25. The molecule has 3 aliphatic heterocycles. The molecule has 51 heavy (non-hydrogen) atoms. The first-order chi connectivity index (χ1) is 23.8. The molecule has 14 heteroatoms. The summed E-state index contributed by atoms with van der Waals surface area (Å²) in [5.41, 5.74) is -0.830. The molecule has 0 spiro atoms. The molecule has 0 saturated carbocycles. The first kappa shape index (κ1) is 39.0. The van der Waals surface area contributed by atoms with E-state index in [2.05, 4.69) is 5.32 Å². The Morgan fingerprint density at radius 3 is 2.14 bits per heavy atom. The minimum absolute atomic E-state index is 0.00255. The Labute approximate surface area is 295 Å². The van der Waals surface area contributed by atoms with Gasteiger partial charge in [-0.2, -0.15) is 0 Å². The number of carbonyl (C=O) groups is 3. The van der Waals surface area contributed by atoms with Gasteiger partial charge in [-0.3, -0.25) is 14.4 Å². The second-order valence-corrected chi connectivity index (χ2v) is 13.6. The molecule has 1 amide bonds. The van der Waals surface area contributed by atoms with Crippen molar-refractivity contribution in [1.82, 2.24) is 0 Å². The van der Waals surface area contributed by atoms with Crippen molar-refractivity contribution in [2.75, 3.05) is 12.4 Å². The molecule has 2 aromatic carbocycles. The number of Topliss-reactive ketones (excluding diaryl/α,β-unsaturated/α-hetero) is 1. The number of aromatic hydroxyl groups is 4. The fraction of sp³-hybridized carbons (Fsp3) is 0.486. The predicted octanol–water partition coefficient (Wildman–Crippen LogP) is 4.46. The van der Waals surface area contributed by atoms with E-state index in [1.165, 1.54) is 53.0 Å². The number of amides is 1. The number of carbonyl (C=O) groups excluding carboxylic acids is 3. The highest BCUT2D eigenvalue weighted by atomic mass is 16.7. The number of anilines is 1. The number of hydrogen-bond donors (Lipinski definition) is 7. The van der Waals surface area contributed by atoms with Crippen LogP contribution in [-0.2, 0) is 23.8 Å².